The molecule has 9 heteroatoms. The van der Waals surface area contributed by atoms with Crippen LogP contribution in [0.4, 0.5) is 5.13 Å². The number of nitrogens with zero attached hydrogens (tertiary/aromatic N) is 3. The molecule has 130 valence electrons. The Morgan fingerprint density at radius 3 is 2.87 bits per heavy atom. The number of piperidine rings is 1. The highest BCUT2D eigenvalue weighted by Crippen LogP contribution is 2.22. The van der Waals surface area contributed by atoms with Crippen LogP contribution in [0.15, 0.2) is 0 Å². The van der Waals surface area contributed by atoms with Crippen LogP contribution in [0, 0.1) is 5.92 Å². The summed E-state index contributed by atoms with van der Waals surface area (Å²) in [6.07, 6.45) is 6.84. The number of carbonyl (C=O) groups excluding carboxylic acids is 1. The third kappa shape index (κ3) is 5.50. The first kappa shape index (κ1) is 18.3. The van der Waals surface area contributed by atoms with Crippen molar-refractivity contribution in [2.45, 2.75) is 45.4 Å². The minimum atomic E-state index is -3.25. The third-order valence-corrected chi connectivity index (χ3v) is 6.08. The van der Waals surface area contributed by atoms with Gasteiger partial charge < -0.3 is 5.32 Å². The largest absolute Gasteiger partial charge is 0.300 e. The van der Waals surface area contributed by atoms with E-state index in [2.05, 4.69) is 22.4 Å². The molecule has 2 rings (SSSR count). The van der Waals surface area contributed by atoms with Crippen LogP contribution in [0.1, 0.15) is 44.0 Å². The Hall–Kier alpha value is -1.06. The smallest absolute Gasteiger partial charge is 0.230 e. The standard InChI is InChI=1S/C14H24N4O3S2/c1-3-4-5-8-12-16-17-14(22-12)15-13(19)11-7-6-9-18(10-11)23(2,20)21/h11H,3-10H2,1-2H3,(H,15,17,19). The van der Waals surface area contributed by atoms with E-state index in [4.69, 9.17) is 0 Å². The van der Waals surface area contributed by atoms with Crippen LogP contribution in [-0.2, 0) is 21.2 Å². The number of anilines is 1. The summed E-state index contributed by atoms with van der Waals surface area (Å²) in [6, 6.07) is 0. The molecule has 1 aliphatic heterocycles. The number of aromatic nitrogens is 2. The quantitative estimate of drug-likeness (QED) is 0.750. The molecule has 7 nitrogen and oxygen atoms in total. The van der Waals surface area contributed by atoms with Gasteiger partial charge in [-0.25, -0.2) is 12.7 Å². The molecule has 1 N–H and O–H groups in total. The molecule has 1 aromatic rings. The zero-order valence-corrected chi connectivity index (χ0v) is 15.3. The fourth-order valence-corrected chi connectivity index (χ4v) is 4.29. The van der Waals surface area contributed by atoms with Gasteiger partial charge in [0.2, 0.25) is 21.1 Å². The predicted octanol–water partition coefficient (Wildman–Crippen LogP) is 1.88. The number of carbonyl (C=O) groups is 1. The monoisotopic (exact) mass is 360 g/mol. The zero-order chi connectivity index (χ0) is 16.9. The zero-order valence-electron chi connectivity index (χ0n) is 13.6. The van der Waals surface area contributed by atoms with Gasteiger partial charge >= 0.3 is 0 Å². The number of nitrogens with one attached hydrogen (secondary N) is 1. The summed E-state index contributed by atoms with van der Waals surface area (Å²) in [6.45, 7) is 2.88. The maximum atomic E-state index is 12.3. The molecule has 0 saturated carbocycles. The minimum Gasteiger partial charge on any atom is -0.300 e. The number of hydrogen-bond acceptors (Lipinski definition) is 6. The lowest BCUT2D eigenvalue weighted by Crippen LogP contribution is -2.43. The predicted molar refractivity (Wildman–Crippen MR) is 90.9 cm³/mol. The summed E-state index contributed by atoms with van der Waals surface area (Å²) >= 11 is 1.40. The maximum Gasteiger partial charge on any atom is 0.230 e. The highest BCUT2D eigenvalue weighted by atomic mass is 32.2. The molecule has 0 aliphatic carbocycles. The fraction of sp³-hybridized carbons (Fsp3) is 0.786. The topological polar surface area (TPSA) is 92.3 Å². The lowest BCUT2D eigenvalue weighted by atomic mass is 9.99. The van der Waals surface area contributed by atoms with Crippen LogP contribution in [-0.4, -0.2) is 48.2 Å². The lowest BCUT2D eigenvalue weighted by molar-refractivity contribution is -0.120. The molecule has 1 aliphatic rings. The van der Waals surface area contributed by atoms with E-state index in [-0.39, 0.29) is 18.4 Å². The number of hydrogen-bond donors (Lipinski definition) is 1. The first-order chi connectivity index (χ1) is 10.9. The second-order valence-corrected chi connectivity index (χ2v) is 8.95. The summed E-state index contributed by atoms with van der Waals surface area (Å²) in [5, 5.41) is 12.3. The van der Waals surface area contributed by atoms with Crippen molar-refractivity contribution in [3.63, 3.8) is 0 Å². The molecule has 1 saturated heterocycles. The molecular formula is C14H24N4O3S2. The first-order valence-corrected chi connectivity index (χ1v) is 10.6. The number of unbranched alkanes of at least 4 members (excludes halogenated alkanes) is 2. The van der Waals surface area contributed by atoms with Gasteiger partial charge in [0.25, 0.3) is 0 Å². The molecule has 1 atom stereocenters. The van der Waals surface area contributed by atoms with E-state index in [0.717, 1.165) is 30.7 Å². The Bertz CT molecular complexity index is 630. The van der Waals surface area contributed by atoms with E-state index < -0.39 is 10.0 Å². The summed E-state index contributed by atoms with van der Waals surface area (Å²) in [4.78, 5) is 12.3. The summed E-state index contributed by atoms with van der Waals surface area (Å²) in [7, 11) is -3.25. The average Bonchev–Trinajstić information content (AvgIpc) is 2.94. The number of rotatable bonds is 7. The molecule has 0 aromatic carbocycles. The molecule has 0 bridgehead atoms. The number of amides is 1. The second kappa shape index (κ2) is 8.16. The molecule has 1 fully saturated rings. The maximum absolute atomic E-state index is 12.3. The van der Waals surface area contributed by atoms with Gasteiger partial charge in [-0.2, -0.15) is 0 Å². The van der Waals surface area contributed by atoms with Gasteiger partial charge in [-0.1, -0.05) is 31.1 Å². The van der Waals surface area contributed by atoms with Crippen molar-refractivity contribution in [1.29, 1.82) is 0 Å². The van der Waals surface area contributed by atoms with Crippen molar-refractivity contribution in [2.75, 3.05) is 24.7 Å². The first-order valence-electron chi connectivity index (χ1n) is 7.98. The van der Waals surface area contributed by atoms with E-state index in [1.54, 1.807) is 0 Å². The fourth-order valence-electron chi connectivity index (χ4n) is 2.60. The van der Waals surface area contributed by atoms with Crippen LogP contribution < -0.4 is 5.32 Å². The van der Waals surface area contributed by atoms with Gasteiger partial charge in [0.1, 0.15) is 5.01 Å². The van der Waals surface area contributed by atoms with E-state index in [1.807, 2.05) is 0 Å². The van der Waals surface area contributed by atoms with Crippen molar-refractivity contribution < 1.29 is 13.2 Å². The van der Waals surface area contributed by atoms with E-state index in [1.165, 1.54) is 21.9 Å². The highest BCUT2D eigenvalue weighted by Gasteiger charge is 2.30. The SMILES string of the molecule is CCCCCc1nnc(NC(=O)C2CCCN(S(C)(=O)=O)C2)s1. The van der Waals surface area contributed by atoms with Gasteiger partial charge in [-0.05, 0) is 19.3 Å². The Morgan fingerprint density at radius 1 is 1.39 bits per heavy atom. The molecule has 2 heterocycles. The van der Waals surface area contributed by atoms with Crippen molar-refractivity contribution in [2.24, 2.45) is 5.92 Å². The van der Waals surface area contributed by atoms with Crippen LogP contribution in [0.5, 0.6) is 0 Å². The normalized spacial score (nSPS) is 19.7. The van der Waals surface area contributed by atoms with Gasteiger partial charge in [0.15, 0.2) is 0 Å². The Kier molecular flexibility index (Phi) is 6.49. The Morgan fingerprint density at radius 2 is 2.17 bits per heavy atom. The molecule has 1 amide bonds. The van der Waals surface area contributed by atoms with Gasteiger partial charge in [0.05, 0.1) is 12.2 Å². The van der Waals surface area contributed by atoms with Crippen LogP contribution >= 0.6 is 11.3 Å². The van der Waals surface area contributed by atoms with Crippen molar-refractivity contribution in [1.82, 2.24) is 14.5 Å². The summed E-state index contributed by atoms with van der Waals surface area (Å²) < 4.78 is 24.6. The molecular weight excluding hydrogens is 336 g/mol. The number of aryl methyl sites for hydroxylation is 1. The Balaban J connectivity index is 1.89. The minimum absolute atomic E-state index is 0.172. The van der Waals surface area contributed by atoms with E-state index >= 15 is 0 Å². The van der Waals surface area contributed by atoms with E-state index in [9.17, 15) is 13.2 Å². The summed E-state index contributed by atoms with van der Waals surface area (Å²) in [5.41, 5.74) is 0. The molecule has 1 unspecified atom stereocenters. The van der Waals surface area contributed by atoms with Crippen LogP contribution in [0.2, 0.25) is 0 Å². The van der Waals surface area contributed by atoms with Gasteiger partial charge in [-0.3, -0.25) is 4.79 Å². The molecule has 1 aromatic heterocycles. The lowest BCUT2D eigenvalue weighted by Gasteiger charge is -2.29. The van der Waals surface area contributed by atoms with Gasteiger partial charge in [-0.15, -0.1) is 10.2 Å². The van der Waals surface area contributed by atoms with Crippen molar-refractivity contribution in [3.05, 3.63) is 5.01 Å². The summed E-state index contributed by atoms with van der Waals surface area (Å²) in [5.74, 6) is -0.500. The molecule has 0 spiro atoms. The van der Waals surface area contributed by atoms with Crippen molar-refractivity contribution in [3.8, 4) is 0 Å². The van der Waals surface area contributed by atoms with E-state index in [0.29, 0.717) is 24.5 Å². The van der Waals surface area contributed by atoms with Crippen LogP contribution in [0.25, 0.3) is 0 Å². The van der Waals surface area contributed by atoms with Crippen LogP contribution in [0.3, 0.4) is 0 Å². The average molecular weight is 361 g/mol. The molecule has 0 radical (unpaired) electrons. The highest BCUT2D eigenvalue weighted by molar-refractivity contribution is 7.88. The number of sulfonamides is 1. The van der Waals surface area contributed by atoms with Gasteiger partial charge in [0, 0.05) is 19.5 Å². The molecule has 23 heavy (non-hydrogen) atoms. The Labute approximate surface area is 141 Å². The second-order valence-electron chi connectivity index (χ2n) is 5.91. The third-order valence-electron chi connectivity index (χ3n) is 3.92. The van der Waals surface area contributed by atoms with Crippen molar-refractivity contribution >= 4 is 32.4 Å².